The van der Waals surface area contributed by atoms with Crippen LogP contribution in [0.4, 0.5) is 4.39 Å². The number of amides is 1. The van der Waals surface area contributed by atoms with Gasteiger partial charge in [0.1, 0.15) is 11.4 Å². The summed E-state index contributed by atoms with van der Waals surface area (Å²) in [6.45, 7) is 5.26. The number of hydrogen-bond acceptors (Lipinski definition) is 5. The molecule has 2 aromatic heterocycles. The molecule has 3 aromatic carbocycles. The third-order valence-corrected chi connectivity index (χ3v) is 7.51. The van der Waals surface area contributed by atoms with E-state index >= 15 is 0 Å². The van der Waals surface area contributed by atoms with E-state index in [1.807, 2.05) is 12.1 Å². The fourth-order valence-electron chi connectivity index (χ4n) is 5.52. The second-order valence-corrected chi connectivity index (χ2v) is 11.2. The highest BCUT2D eigenvalue weighted by atomic mass is 19.1. The molecule has 6 rings (SSSR count). The third-order valence-electron chi connectivity index (χ3n) is 7.51. The Kier molecular flexibility index (Phi) is 6.45. The molecule has 40 heavy (non-hydrogen) atoms. The van der Waals surface area contributed by atoms with Gasteiger partial charge in [0.2, 0.25) is 0 Å². The zero-order valence-corrected chi connectivity index (χ0v) is 22.6. The van der Waals surface area contributed by atoms with E-state index < -0.39 is 11.0 Å². The number of nitrogens with zero attached hydrogens (tertiary/aromatic N) is 2. The van der Waals surface area contributed by atoms with Crippen LogP contribution in [0.15, 0.2) is 66.9 Å². The summed E-state index contributed by atoms with van der Waals surface area (Å²) >= 11 is 0. The molecule has 1 aliphatic rings. The van der Waals surface area contributed by atoms with Crippen LogP contribution in [0.25, 0.3) is 38.6 Å². The van der Waals surface area contributed by atoms with Crippen LogP contribution in [0.1, 0.15) is 29.9 Å². The number of methoxy groups -OCH3 is 1. The topological polar surface area (TPSA) is 101 Å². The van der Waals surface area contributed by atoms with Gasteiger partial charge < -0.3 is 24.5 Å². The van der Waals surface area contributed by atoms with Crippen LogP contribution in [-0.4, -0.2) is 64.9 Å². The fraction of sp³-hybridized carbons (Fsp3) is 0.290. The van der Waals surface area contributed by atoms with E-state index in [1.54, 1.807) is 37.6 Å². The zero-order chi connectivity index (χ0) is 28.1. The van der Waals surface area contributed by atoms with Crippen LogP contribution in [0.2, 0.25) is 0 Å². The maximum Gasteiger partial charge on any atom is 0.251 e. The lowest BCUT2D eigenvalue weighted by Gasteiger charge is -2.36. The first-order chi connectivity index (χ1) is 19.2. The molecule has 1 saturated heterocycles. The number of rotatable bonds is 8. The first-order valence-corrected chi connectivity index (χ1v) is 13.1. The van der Waals surface area contributed by atoms with Crippen LogP contribution in [-0.2, 0) is 14.9 Å². The van der Waals surface area contributed by atoms with E-state index in [0.717, 1.165) is 44.3 Å². The van der Waals surface area contributed by atoms with Crippen LogP contribution in [0, 0.1) is 5.82 Å². The van der Waals surface area contributed by atoms with Crippen LogP contribution < -0.4 is 5.32 Å². The third kappa shape index (κ3) is 4.56. The molecule has 0 unspecified atom stereocenters. The number of carbonyl (C=O) groups excluding carboxylic acids is 1. The quantitative estimate of drug-likeness (QED) is 0.263. The van der Waals surface area contributed by atoms with E-state index in [0.29, 0.717) is 12.2 Å². The smallest absolute Gasteiger partial charge is 0.251 e. The van der Waals surface area contributed by atoms with Gasteiger partial charge in [-0.2, -0.15) is 5.10 Å². The summed E-state index contributed by atoms with van der Waals surface area (Å²) in [5.41, 5.74) is 4.63. The molecule has 0 radical (unpaired) electrons. The van der Waals surface area contributed by atoms with Crippen molar-refractivity contribution in [3.8, 4) is 16.8 Å². The number of carbonyl (C=O) groups is 1. The number of ether oxygens (including phenoxy) is 2. The summed E-state index contributed by atoms with van der Waals surface area (Å²) in [6, 6.07) is 18.1. The Morgan fingerprint density at radius 1 is 1.18 bits per heavy atom. The molecule has 8 nitrogen and oxygen atoms in total. The minimum Gasteiger partial charge on any atom is -0.384 e. The first-order valence-electron chi connectivity index (χ1n) is 13.1. The molecule has 9 heteroatoms. The number of aromatic amines is 1. The molecule has 1 fully saturated rings. The second-order valence-electron chi connectivity index (χ2n) is 11.2. The molecule has 0 spiro atoms. The van der Waals surface area contributed by atoms with Gasteiger partial charge in [0.05, 0.1) is 43.6 Å². The molecule has 1 aliphatic heterocycles. The molecule has 3 heterocycles. The van der Waals surface area contributed by atoms with Crippen molar-refractivity contribution >= 4 is 27.7 Å². The number of nitrogens with one attached hydrogen (secondary N) is 2. The zero-order valence-electron chi connectivity index (χ0n) is 22.6. The van der Waals surface area contributed by atoms with E-state index in [-0.39, 0.29) is 31.5 Å². The molecule has 5 aromatic rings. The number of hydrogen-bond donors (Lipinski definition) is 3. The molecule has 0 atom stereocenters. The van der Waals surface area contributed by atoms with Crippen molar-refractivity contribution < 1.29 is 23.8 Å². The van der Waals surface area contributed by atoms with E-state index in [9.17, 15) is 14.3 Å². The van der Waals surface area contributed by atoms with Gasteiger partial charge in [-0.05, 0) is 54.1 Å². The normalized spacial score (nSPS) is 14.9. The standard InChI is InChI=1S/C31H31FN4O4/c1-30(2,16-39-3)28-27(19-4-6-20(7-5-19)29(37)33-15-31(38)17-40-18-31)24-13-25-21(14-34-35-25)12-26(24)36(28)23-10-8-22(32)9-11-23/h4-14,38H,15-18H2,1-3H3,(H,33,37)(H,34,35). The van der Waals surface area contributed by atoms with E-state index in [1.165, 1.54) is 12.1 Å². The van der Waals surface area contributed by atoms with Gasteiger partial charge in [0, 0.05) is 45.8 Å². The molecule has 0 aliphatic carbocycles. The van der Waals surface area contributed by atoms with Crippen LogP contribution in [0.5, 0.6) is 0 Å². The summed E-state index contributed by atoms with van der Waals surface area (Å²) in [7, 11) is 1.68. The Balaban J connectivity index is 1.53. The van der Waals surface area contributed by atoms with Crippen molar-refractivity contribution in [2.75, 3.05) is 33.5 Å². The number of aliphatic hydroxyl groups is 1. The average molecular weight is 543 g/mol. The number of H-pyrrole nitrogens is 1. The molecule has 0 bridgehead atoms. The Morgan fingerprint density at radius 3 is 2.55 bits per heavy atom. The summed E-state index contributed by atoms with van der Waals surface area (Å²) in [5.74, 6) is -0.569. The largest absolute Gasteiger partial charge is 0.384 e. The van der Waals surface area contributed by atoms with Gasteiger partial charge in [0.25, 0.3) is 5.91 Å². The lowest BCUT2D eigenvalue weighted by molar-refractivity contribution is -0.173. The van der Waals surface area contributed by atoms with Crippen LogP contribution in [0.3, 0.4) is 0 Å². The predicted octanol–water partition coefficient (Wildman–Crippen LogP) is 4.73. The predicted molar refractivity (Wildman–Crippen MR) is 151 cm³/mol. The number of halogens is 1. The maximum atomic E-state index is 14.0. The van der Waals surface area contributed by atoms with Gasteiger partial charge in [-0.25, -0.2) is 4.39 Å². The van der Waals surface area contributed by atoms with Crippen molar-refractivity contribution in [2.24, 2.45) is 0 Å². The Morgan fingerprint density at radius 2 is 1.90 bits per heavy atom. The van der Waals surface area contributed by atoms with Crippen molar-refractivity contribution in [3.63, 3.8) is 0 Å². The Hall–Kier alpha value is -4.05. The summed E-state index contributed by atoms with van der Waals surface area (Å²) < 4.78 is 26.8. The van der Waals surface area contributed by atoms with Gasteiger partial charge >= 0.3 is 0 Å². The Labute approximate surface area is 230 Å². The van der Waals surface area contributed by atoms with E-state index in [4.69, 9.17) is 9.47 Å². The van der Waals surface area contributed by atoms with Gasteiger partial charge in [0.15, 0.2) is 0 Å². The highest BCUT2D eigenvalue weighted by Crippen LogP contribution is 2.44. The van der Waals surface area contributed by atoms with Gasteiger partial charge in [-0.3, -0.25) is 9.89 Å². The monoisotopic (exact) mass is 542 g/mol. The fourth-order valence-corrected chi connectivity index (χ4v) is 5.52. The van der Waals surface area contributed by atoms with Crippen LogP contribution >= 0.6 is 0 Å². The van der Waals surface area contributed by atoms with Crippen molar-refractivity contribution in [3.05, 3.63) is 83.9 Å². The number of aromatic nitrogens is 3. The summed E-state index contributed by atoms with van der Waals surface area (Å²) in [6.07, 6.45) is 1.79. The maximum absolute atomic E-state index is 14.0. The van der Waals surface area contributed by atoms with E-state index in [2.05, 4.69) is 46.1 Å². The van der Waals surface area contributed by atoms with Gasteiger partial charge in [-0.15, -0.1) is 0 Å². The van der Waals surface area contributed by atoms with Crippen molar-refractivity contribution in [1.82, 2.24) is 20.1 Å². The minimum absolute atomic E-state index is 0.133. The highest BCUT2D eigenvalue weighted by Gasteiger charge is 2.36. The lowest BCUT2D eigenvalue weighted by Crippen LogP contribution is -2.56. The van der Waals surface area contributed by atoms with Gasteiger partial charge in [-0.1, -0.05) is 26.0 Å². The Bertz CT molecular complexity index is 1700. The summed E-state index contributed by atoms with van der Waals surface area (Å²) in [5, 5.41) is 22.3. The molecule has 3 N–H and O–H groups in total. The van der Waals surface area contributed by atoms with Crippen molar-refractivity contribution in [2.45, 2.75) is 24.9 Å². The average Bonchev–Trinajstić information content (AvgIpc) is 3.52. The lowest BCUT2D eigenvalue weighted by atomic mass is 9.84. The first kappa shape index (κ1) is 26.2. The molecule has 206 valence electrons. The highest BCUT2D eigenvalue weighted by molar-refractivity contribution is 6.06. The molecular formula is C31H31FN4O4. The minimum atomic E-state index is -1.00. The number of fused-ring (bicyclic) bond motifs is 2. The summed E-state index contributed by atoms with van der Waals surface area (Å²) in [4.78, 5) is 12.8. The number of benzene rings is 3. The molecule has 0 saturated carbocycles. The molecular weight excluding hydrogens is 511 g/mol. The SMILES string of the molecule is COCC(C)(C)c1c(-c2ccc(C(=O)NCC3(O)COC3)cc2)c2cc3[nH]ncc3cc2n1-c1ccc(F)cc1. The van der Waals surface area contributed by atoms with Crippen molar-refractivity contribution in [1.29, 1.82) is 0 Å². The second kappa shape index (κ2) is 9.85. The molecule has 1 amide bonds.